The minimum atomic E-state index is -0.532. The number of halogens is 1. The van der Waals surface area contributed by atoms with Crippen molar-refractivity contribution in [2.24, 2.45) is 5.92 Å². The lowest BCUT2D eigenvalue weighted by molar-refractivity contribution is 0.106. The Bertz CT molecular complexity index is 403. The first-order chi connectivity index (χ1) is 8.56. The van der Waals surface area contributed by atoms with Crippen LogP contribution >= 0.6 is 0 Å². The summed E-state index contributed by atoms with van der Waals surface area (Å²) in [6, 6.07) is 4.58. The number of aliphatic hydroxyl groups excluding tert-OH is 1. The molecule has 0 aliphatic heterocycles. The molecule has 3 heteroatoms. The molecule has 0 aromatic heterocycles. The van der Waals surface area contributed by atoms with Gasteiger partial charge in [-0.15, -0.1) is 0 Å². The van der Waals surface area contributed by atoms with Crippen LogP contribution < -0.4 is 0 Å². The smallest absolute Gasteiger partial charge is 0.123 e. The molecule has 0 amide bonds. The highest BCUT2D eigenvalue weighted by molar-refractivity contribution is 5.28. The fourth-order valence-corrected chi connectivity index (χ4v) is 2.60. The van der Waals surface area contributed by atoms with E-state index in [9.17, 15) is 9.50 Å². The van der Waals surface area contributed by atoms with Crippen LogP contribution in [0.25, 0.3) is 0 Å². The monoisotopic (exact) mass is 251 g/mol. The highest BCUT2D eigenvalue weighted by Gasteiger charge is 2.21. The predicted molar refractivity (Wildman–Crippen MR) is 70.9 cm³/mol. The molecule has 0 spiro atoms. The van der Waals surface area contributed by atoms with Gasteiger partial charge in [0.15, 0.2) is 0 Å². The summed E-state index contributed by atoms with van der Waals surface area (Å²) in [5.74, 6) is 0.558. The summed E-state index contributed by atoms with van der Waals surface area (Å²) < 4.78 is 13.0. The molecule has 0 saturated heterocycles. The van der Waals surface area contributed by atoms with E-state index in [-0.39, 0.29) is 5.82 Å². The summed E-state index contributed by atoms with van der Waals surface area (Å²) in [6.45, 7) is 3.51. The zero-order valence-corrected chi connectivity index (χ0v) is 11.2. The third-order valence-electron chi connectivity index (χ3n) is 3.87. The van der Waals surface area contributed by atoms with E-state index in [2.05, 4.69) is 4.90 Å². The van der Waals surface area contributed by atoms with Gasteiger partial charge in [-0.25, -0.2) is 4.39 Å². The Hall–Kier alpha value is -0.930. The van der Waals surface area contributed by atoms with Gasteiger partial charge >= 0.3 is 0 Å². The maximum Gasteiger partial charge on any atom is 0.123 e. The van der Waals surface area contributed by atoms with Gasteiger partial charge in [-0.1, -0.05) is 12.5 Å². The molecular formula is C15H22FNO. The fourth-order valence-electron chi connectivity index (χ4n) is 2.60. The lowest BCUT2D eigenvalue weighted by Gasteiger charge is -2.31. The zero-order valence-electron chi connectivity index (χ0n) is 11.2. The van der Waals surface area contributed by atoms with E-state index in [0.717, 1.165) is 23.6 Å². The second kappa shape index (κ2) is 5.81. The first-order valence-corrected chi connectivity index (χ1v) is 6.69. The van der Waals surface area contributed by atoms with Crippen molar-refractivity contribution in [2.75, 3.05) is 20.1 Å². The summed E-state index contributed by atoms with van der Waals surface area (Å²) in [7, 11) is 2.04. The number of hydrogen-bond acceptors (Lipinski definition) is 2. The quantitative estimate of drug-likeness (QED) is 0.869. The van der Waals surface area contributed by atoms with Crippen molar-refractivity contribution in [3.63, 3.8) is 0 Å². The Morgan fingerprint density at radius 2 is 2.17 bits per heavy atom. The van der Waals surface area contributed by atoms with E-state index in [1.54, 1.807) is 6.07 Å². The number of rotatable bonds is 5. The van der Waals surface area contributed by atoms with Gasteiger partial charge in [0.2, 0.25) is 0 Å². The van der Waals surface area contributed by atoms with Crippen LogP contribution in [-0.4, -0.2) is 30.1 Å². The van der Waals surface area contributed by atoms with Gasteiger partial charge in [-0.05, 0) is 56.0 Å². The molecule has 0 radical (unpaired) electrons. The maximum atomic E-state index is 13.0. The van der Waals surface area contributed by atoms with Crippen molar-refractivity contribution < 1.29 is 9.50 Å². The van der Waals surface area contributed by atoms with Gasteiger partial charge in [0.1, 0.15) is 5.82 Å². The molecule has 1 aromatic rings. The molecule has 1 atom stereocenters. The standard InChI is InChI=1S/C15H22FNO/c1-11-8-13(16)6-7-14(11)15(18)10-17(2)9-12-4-3-5-12/h6-8,12,15,18H,3-5,9-10H2,1-2H3. The average molecular weight is 251 g/mol. The fraction of sp³-hybridized carbons (Fsp3) is 0.600. The number of hydrogen-bond donors (Lipinski definition) is 1. The van der Waals surface area contributed by atoms with Gasteiger partial charge in [-0.3, -0.25) is 0 Å². The highest BCUT2D eigenvalue weighted by Crippen LogP contribution is 2.27. The second-order valence-electron chi connectivity index (χ2n) is 5.53. The van der Waals surface area contributed by atoms with Crippen molar-refractivity contribution in [1.29, 1.82) is 0 Å². The molecule has 1 aliphatic carbocycles. The first-order valence-electron chi connectivity index (χ1n) is 6.69. The minimum absolute atomic E-state index is 0.244. The molecule has 1 fully saturated rings. The van der Waals surface area contributed by atoms with Crippen LogP contribution in [0.15, 0.2) is 18.2 Å². The molecule has 0 heterocycles. The van der Waals surface area contributed by atoms with Crippen molar-refractivity contribution in [2.45, 2.75) is 32.3 Å². The molecular weight excluding hydrogens is 229 g/mol. The Morgan fingerprint density at radius 3 is 2.72 bits per heavy atom. The molecule has 1 unspecified atom stereocenters. The van der Waals surface area contributed by atoms with Crippen molar-refractivity contribution in [3.8, 4) is 0 Å². The van der Waals surface area contributed by atoms with Gasteiger partial charge < -0.3 is 10.0 Å². The van der Waals surface area contributed by atoms with E-state index >= 15 is 0 Å². The molecule has 1 aromatic carbocycles. The molecule has 2 nitrogen and oxygen atoms in total. The van der Waals surface area contributed by atoms with Gasteiger partial charge in [0, 0.05) is 13.1 Å². The number of benzene rings is 1. The van der Waals surface area contributed by atoms with Crippen LogP contribution in [0.2, 0.25) is 0 Å². The zero-order chi connectivity index (χ0) is 13.1. The topological polar surface area (TPSA) is 23.5 Å². The van der Waals surface area contributed by atoms with Gasteiger partial charge in [0.25, 0.3) is 0 Å². The largest absolute Gasteiger partial charge is 0.387 e. The molecule has 2 rings (SSSR count). The third kappa shape index (κ3) is 3.30. The van der Waals surface area contributed by atoms with Crippen LogP contribution in [0.3, 0.4) is 0 Å². The molecule has 1 aliphatic rings. The minimum Gasteiger partial charge on any atom is -0.387 e. The van der Waals surface area contributed by atoms with Gasteiger partial charge in [0.05, 0.1) is 6.10 Å². The normalized spacial score (nSPS) is 17.8. The number of aliphatic hydroxyl groups is 1. The lowest BCUT2D eigenvalue weighted by Crippen LogP contribution is -2.32. The average Bonchev–Trinajstić information content (AvgIpc) is 2.23. The second-order valence-corrected chi connectivity index (χ2v) is 5.53. The Morgan fingerprint density at radius 1 is 1.44 bits per heavy atom. The summed E-state index contributed by atoms with van der Waals surface area (Å²) in [4.78, 5) is 2.18. The van der Waals surface area contributed by atoms with Crippen LogP contribution in [0.5, 0.6) is 0 Å². The molecule has 1 N–H and O–H groups in total. The maximum absolute atomic E-state index is 13.0. The van der Waals surface area contributed by atoms with Gasteiger partial charge in [-0.2, -0.15) is 0 Å². The number of aryl methyl sites for hydroxylation is 1. The van der Waals surface area contributed by atoms with E-state index in [1.807, 2.05) is 14.0 Å². The molecule has 1 saturated carbocycles. The number of nitrogens with zero attached hydrogens (tertiary/aromatic N) is 1. The summed E-state index contributed by atoms with van der Waals surface area (Å²) >= 11 is 0. The first kappa shape index (κ1) is 13.5. The molecule has 0 bridgehead atoms. The molecule has 18 heavy (non-hydrogen) atoms. The SMILES string of the molecule is Cc1cc(F)ccc1C(O)CN(C)CC1CCC1. The highest BCUT2D eigenvalue weighted by atomic mass is 19.1. The summed E-state index contributed by atoms with van der Waals surface area (Å²) in [6.07, 6.45) is 3.44. The van der Waals surface area contributed by atoms with Crippen molar-refractivity contribution >= 4 is 0 Å². The summed E-state index contributed by atoms with van der Waals surface area (Å²) in [5, 5.41) is 10.2. The lowest BCUT2D eigenvalue weighted by atomic mass is 9.85. The third-order valence-corrected chi connectivity index (χ3v) is 3.87. The van der Waals surface area contributed by atoms with E-state index < -0.39 is 6.10 Å². The van der Waals surface area contributed by atoms with Crippen LogP contribution in [-0.2, 0) is 0 Å². The Balaban J connectivity index is 1.91. The predicted octanol–water partition coefficient (Wildman–Crippen LogP) is 2.90. The van der Waals surface area contributed by atoms with Crippen LogP contribution in [0, 0.1) is 18.7 Å². The molecule has 100 valence electrons. The Kier molecular flexibility index (Phi) is 4.36. The van der Waals surface area contributed by atoms with E-state index in [1.165, 1.54) is 31.4 Å². The summed E-state index contributed by atoms with van der Waals surface area (Å²) in [5.41, 5.74) is 1.65. The van der Waals surface area contributed by atoms with E-state index in [0.29, 0.717) is 6.54 Å². The van der Waals surface area contributed by atoms with Crippen LogP contribution in [0.4, 0.5) is 4.39 Å². The van der Waals surface area contributed by atoms with Crippen LogP contribution in [0.1, 0.15) is 36.5 Å². The van der Waals surface area contributed by atoms with Crippen molar-refractivity contribution in [3.05, 3.63) is 35.1 Å². The Labute approximate surface area is 108 Å². The van der Waals surface area contributed by atoms with Crippen molar-refractivity contribution in [1.82, 2.24) is 4.90 Å². The number of likely N-dealkylation sites (N-methyl/N-ethyl adjacent to an activating group) is 1. The van der Waals surface area contributed by atoms with E-state index in [4.69, 9.17) is 0 Å².